The highest BCUT2D eigenvalue weighted by atomic mass is 31.2. The molecular formula is C12H16N3O3P. The molecule has 2 rings (SSSR count). The molecule has 0 fully saturated rings. The number of fused-ring (bicyclic) bond motifs is 1. The summed E-state index contributed by atoms with van der Waals surface area (Å²) in [5, 5.41) is 0. The molecule has 0 radical (unpaired) electrons. The summed E-state index contributed by atoms with van der Waals surface area (Å²) in [6.45, 7) is 4.22. The molecule has 0 atom stereocenters. The molecule has 0 aromatic carbocycles. The Kier molecular flexibility index (Phi) is 4.47. The molecule has 0 N–H and O–H groups in total. The van der Waals surface area contributed by atoms with E-state index in [1.807, 2.05) is 0 Å². The maximum absolute atomic E-state index is 12.3. The third kappa shape index (κ3) is 3.29. The summed E-state index contributed by atoms with van der Waals surface area (Å²) >= 11 is 0. The van der Waals surface area contributed by atoms with E-state index < -0.39 is 7.60 Å². The molecule has 102 valence electrons. The zero-order valence-electron chi connectivity index (χ0n) is 10.9. The third-order valence-corrected chi connectivity index (χ3v) is 4.13. The predicted molar refractivity (Wildman–Crippen MR) is 72.9 cm³/mol. The molecule has 6 nitrogen and oxygen atoms in total. The van der Waals surface area contributed by atoms with Gasteiger partial charge in [-0.2, -0.15) is 0 Å². The van der Waals surface area contributed by atoms with Crippen molar-refractivity contribution in [3.8, 4) is 0 Å². The van der Waals surface area contributed by atoms with E-state index in [0.717, 1.165) is 5.69 Å². The molecule has 0 aliphatic heterocycles. The van der Waals surface area contributed by atoms with Crippen LogP contribution in [-0.4, -0.2) is 27.6 Å². The normalized spacial score (nSPS) is 12.5. The first kappa shape index (κ1) is 13.9. The van der Waals surface area contributed by atoms with Gasteiger partial charge in [-0.15, -0.1) is 0 Å². The van der Waals surface area contributed by atoms with Gasteiger partial charge in [-0.25, -0.2) is 9.97 Å². The monoisotopic (exact) mass is 281 g/mol. The Hall–Kier alpha value is -1.49. The van der Waals surface area contributed by atoms with Crippen molar-refractivity contribution in [1.82, 2.24) is 14.4 Å². The van der Waals surface area contributed by atoms with Crippen molar-refractivity contribution in [2.45, 2.75) is 13.8 Å². The minimum Gasteiger partial charge on any atom is -0.306 e. The van der Waals surface area contributed by atoms with E-state index in [4.69, 9.17) is 9.05 Å². The highest BCUT2D eigenvalue weighted by molar-refractivity contribution is 7.57. The standard InChI is InChI=1S/C12H16N3O3P/c1-3-17-19(16,18-4-2)10-6-11-5-7-13-12-14-8-9-15(11)12/h5-10H,3-4H2,1-2H3/b10-6+. The molecule has 7 heteroatoms. The minimum absolute atomic E-state index is 0.332. The second-order valence-corrected chi connectivity index (χ2v) is 5.55. The van der Waals surface area contributed by atoms with Crippen LogP contribution in [-0.2, 0) is 13.6 Å². The Bertz CT molecular complexity index is 613. The van der Waals surface area contributed by atoms with Gasteiger partial charge in [0, 0.05) is 24.4 Å². The van der Waals surface area contributed by atoms with Gasteiger partial charge in [0.2, 0.25) is 5.78 Å². The fourth-order valence-corrected chi connectivity index (χ4v) is 2.94. The first-order valence-electron chi connectivity index (χ1n) is 6.04. The quantitative estimate of drug-likeness (QED) is 0.761. The zero-order valence-corrected chi connectivity index (χ0v) is 11.8. The van der Waals surface area contributed by atoms with E-state index in [1.165, 1.54) is 5.82 Å². The molecule has 2 aromatic rings. The lowest BCUT2D eigenvalue weighted by Crippen LogP contribution is -1.94. The van der Waals surface area contributed by atoms with E-state index in [1.54, 1.807) is 49.0 Å². The van der Waals surface area contributed by atoms with Gasteiger partial charge in [-0.1, -0.05) is 0 Å². The summed E-state index contributed by atoms with van der Waals surface area (Å²) in [5.41, 5.74) is 0.808. The number of nitrogens with zero attached hydrogens (tertiary/aromatic N) is 3. The van der Waals surface area contributed by atoms with Crippen LogP contribution in [0.15, 0.2) is 30.5 Å². The van der Waals surface area contributed by atoms with Gasteiger partial charge >= 0.3 is 7.60 Å². The van der Waals surface area contributed by atoms with Crippen molar-refractivity contribution in [2.24, 2.45) is 0 Å². The van der Waals surface area contributed by atoms with Crippen LogP contribution in [0.1, 0.15) is 19.5 Å². The van der Waals surface area contributed by atoms with E-state index in [2.05, 4.69) is 9.97 Å². The van der Waals surface area contributed by atoms with Crippen LogP contribution in [0.3, 0.4) is 0 Å². The van der Waals surface area contributed by atoms with E-state index in [9.17, 15) is 4.57 Å². The number of rotatable bonds is 6. The SMILES string of the molecule is CCOP(=O)(/C=C/c1ccnc2nccn12)OCC. The van der Waals surface area contributed by atoms with Gasteiger partial charge in [0.05, 0.1) is 18.9 Å². The smallest absolute Gasteiger partial charge is 0.306 e. The Labute approximate surface area is 111 Å². The summed E-state index contributed by atoms with van der Waals surface area (Å²) in [5.74, 6) is 2.05. The average Bonchev–Trinajstić information content (AvgIpc) is 2.85. The molecule has 0 saturated heterocycles. The van der Waals surface area contributed by atoms with Gasteiger partial charge in [0.15, 0.2) is 0 Å². The molecule has 19 heavy (non-hydrogen) atoms. The van der Waals surface area contributed by atoms with Crippen LogP contribution in [0.2, 0.25) is 0 Å². The molecule has 2 aromatic heterocycles. The molecule has 0 spiro atoms. The maximum atomic E-state index is 12.3. The summed E-state index contributed by atoms with van der Waals surface area (Å²) in [6, 6.07) is 1.80. The molecule has 0 aliphatic carbocycles. The van der Waals surface area contributed by atoms with E-state index in [0.29, 0.717) is 19.0 Å². The fraction of sp³-hybridized carbons (Fsp3) is 0.333. The van der Waals surface area contributed by atoms with Gasteiger partial charge < -0.3 is 9.05 Å². The van der Waals surface area contributed by atoms with Crippen LogP contribution < -0.4 is 0 Å². The van der Waals surface area contributed by atoms with Gasteiger partial charge in [0.25, 0.3) is 0 Å². The molecular weight excluding hydrogens is 265 g/mol. The Morgan fingerprint density at radius 1 is 1.26 bits per heavy atom. The minimum atomic E-state index is -3.18. The first-order chi connectivity index (χ1) is 9.18. The molecule has 0 saturated carbocycles. The van der Waals surface area contributed by atoms with Gasteiger partial charge in [-0.05, 0) is 26.0 Å². The number of hydrogen-bond donors (Lipinski definition) is 0. The van der Waals surface area contributed by atoms with Crippen molar-refractivity contribution < 1.29 is 13.6 Å². The largest absolute Gasteiger partial charge is 0.354 e. The van der Waals surface area contributed by atoms with Crippen molar-refractivity contribution in [1.29, 1.82) is 0 Å². The van der Waals surface area contributed by atoms with Crippen LogP contribution in [0, 0.1) is 0 Å². The Morgan fingerprint density at radius 2 is 1.95 bits per heavy atom. The summed E-state index contributed by atoms with van der Waals surface area (Å²) in [6.07, 6.45) is 6.79. The molecule has 0 aliphatic rings. The highest BCUT2D eigenvalue weighted by Gasteiger charge is 2.18. The fourth-order valence-electron chi connectivity index (χ4n) is 1.64. The molecule has 2 heterocycles. The first-order valence-corrected chi connectivity index (χ1v) is 7.66. The number of aromatic nitrogens is 3. The number of hydrogen-bond acceptors (Lipinski definition) is 5. The molecule has 0 bridgehead atoms. The third-order valence-electron chi connectivity index (χ3n) is 2.38. The van der Waals surface area contributed by atoms with Crippen molar-refractivity contribution >= 4 is 19.4 Å². The van der Waals surface area contributed by atoms with E-state index >= 15 is 0 Å². The van der Waals surface area contributed by atoms with E-state index in [-0.39, 0.29) is 0 Å². The van der Waals surface area contributed by atoms with Crippen LogP contribution in [0.25, 0.3) is 11.9 Å². The lowest BCUT2D eigenvalue weighted by Gasteiger charge is -2.12. The highest BCUT2D eigenvalue weighted by Crippen LogP contribution is 2.49. The summed E-state index contributed by atoms with van der Waals surface area (Å²) in [7, 11) is -3.18. The average molecular weight is 281 g/mol. The zero-order chi connectivity index (χ0) is 13.7. The summed E-state index contributed by atoms with van der Waals surface area (Å²) < 4.78 is 24.5. The molecule has 0 amide bonds. The lowest BCUT2D eigenvalue weighted by molar-refractivity contribution is 0.229. The van der Waals surface area contributed by atoms with Crippen molar-refractivity contribution in [3.05, 3.63) is 36.2 Å². The lowest BCUT2D eigenvalue weighted by atomic mass is 10.4. The topological polar surface area (TPSA) is 65.7 Å². The maximum Gasteiger partial charge on any atom is 0.354 e. The molecule has 0 unspecified atom stereocenters. The van der Waals surface area contributed by atoms with Gasteiger partial charge in [0.1, 0.15) is 0 Å². The van der Waals surface area contributed by atoms with Gasteiger partial charge in [-0.3, -0.25) is 8.97 Å². The van der Waals surface area contributed by atoms with Crippen molar-refractivity contribution in [3.63, 3.8) is 0 Å². The Morgan fingerprint density at radius 3 is 2.63 bits per heavy atom. The summed E-state index contributed by atoms with van der Waals surface area (Å²) in [4.78, 5) is 8.19. The van der Waals surface area contributed by atoms with Crippen LogP contribution >= 0.6 is 7.60 Å². The number of imidazole rings is 1. The van der Waals surface area contributed by atoms with Crippen LogP contribution in [0.5, 0.6) is 0 Å². The van der Waals surface area contributed by atoms with Crippen molar-refractivity contribution in [2.75, 3.05) is 13.2 Å². The predicted octanol–water partition coefficient (Wildman–Crippen LogP) is 2.97. The second-order valence-electron chi connectivity index (χ2n) is 3.66. The Balaban J connectivity index is 2.30. The van der Waals surface area contributed by atoms with Crippen LogP contribution in [0.4, 0.5) is 0 Å². The second kappa shape index (κ2) is 6.10.